The molecule has 1 unspecified atom stereocenters. The van der Waals surface area contributed by atoms with Gasteiger partial charge in [-0.3, -0.25) is 9.59 Å². The molecule has 0 fully saturated rings. The van der Waals surface area contributed by atoms with Crippen molar-refractivity contribution >= 4 is 17.8 Å². The highest BCUT2D eigenvalue weighted by molar-refractivity contribution is 5.85. The van der Waals surface area contributed by atoms with E-state index in [4.69, 9.17) is 14.2 Å². The summed E-state index contributed by atoms with van der Waals surface area (Å²) in [5, 5.41) is 5.43. The van der Waals surface area contributed by atoms with Gasteiger partial charge in [0.15, 0.2) is 13.2 Å². The van der Waals surface area contributed by atoms with Crippen molar-refractivity contribution in [3.63, 3.8) is 0 Å². The Kier molecular flexibility index (Phi) is 10.7. The van der Waals surface area contributed by atoms with Crippen LogP contribution in [0.15, 0.2) is 48.5 Å². The molecule has 2 aromatic rings. The summed E-state index contributed by atoms with van der Waals surface area (Å²) in [6.45, 7) is 4.06. The molecule has 2 N–H and O–H groups in total. The first-order chi connectivity index (χ1) is 15.9. The molecule has 0 aliphatic heterocycles. The summed E-state index contributed by atoms with van der Waals surface area (Å²) in [5.74, 6) is 0.0840. The Morgan fingerprint density at radius 2 is 1.42 bits per heavy atom. The van der Waals surface area contributed by atoms with Crippen molar-refractivity contribution in [2.24, 2.45) is 0 Å². The van der Waals surface area contributed by atoms with E-state index in [1.54, 1.807) is 12.1 Å². The Bertz CT molecular complexity index is 931. The molecule has 8 nitrogen and oxygen atoms in total. The van der Waals surface area contributed by atoms with Gasteiger partial charge in [0.2, 0.25) is 0 Å². The van der Waals surface area contributed by atoms with E-state index in [0.717, 1.165) is 11.1 Å². The number of carbonyl (C=O) groups excluding carboxylic acids is 3. The van der Waals surface area contributed by atoms with Gasteiger partial charge >= 0.3 is 5.97 Å². The van der Waals surface area contributed by atoms with Crippen LogP contribution < -0.4 is 20.1 Å². The first-order valence-electron chi connectivity index (χ1n) is 10.9. The van der Waals surface area contributed by atoms with Crippen LogP contribution in [0, 0.1) is 13.8 Å². The molecule has 8 heteroatoms. The Hall–Kier alpha value is -3.55. The second-order valence-corrected chi connectivity index (χ2v) is 7.70. The smallest absolute Gasteiger partial charge is 0.328 e. The lowest BCUT2D eigenvalue weighted by molar-refractivity contribution is -0.145. The number of nitrogens with one attached hydrogen (secondary N) is 2. The topological polar surface area (TPSA) is 103 Å². The molecule has 0 spiro atoms. The van der Waals surface area contributed by atoms with Crippen LogP contribution in [0.5, 0.6) is 11.5 Å². The third-order valence-electron chi connectivity index (χ3n) is 4.78. The molecule has 0 saturated carbocycles. The van der Waals surface area contributed by atoms with E-state index in [0.29, 0.717) is 37.3 Å². The van der Waals surface area contributed by atoms with Crippen molar-refractivity contribution in [1.29, 1.82) is 0 Å². The lowest BCUT2D eigenvalue weighted by atomic mass is 10.1. The highest BCUT2D eigenvalue weighted by atomic mass is 16.5. The maximum atomic E-state index is 12.2. The second-order valence-electron chi connectivity index (χ2n) is 7.70. The zero-order valence-corrected chi connectivity index (χ0v) is 19.4. The lowest BCUT2D eigenvalue weighted by Gasteiger charge is -2.17. The fourth-order valence-electron chi connectivity index (χ4n) is 3.09. The van der Waals surface area contributed by atoms with Gasteiger partial charge in [0.25, 0.3) is 11.8 Å². The number of unbranched alkanes of at least 4 members (excludes halogenated alkanes) is 1. The number of esters is 1. The van der Waals surface area contributed by atoms with Crippen LogP contribution in [0.25, 0.3) is 0 Å². The number of carbonyl (C=O) groups is 3. The Labute approximate surface area is 194 Å². The summed E-state index contributed by atoms with van der Waals surface area (Å²) >= 11 is 0. The number of rotatable bonds is 13. The Balaban J connectivity index is 1.66. The van der Waals surface area contributed by atoms with Gasteiger partial charge in [-0.05, 0) is 68.5 Å². The minimum absolute atomic E-state index is 0.0643. The quantitative estimate of drug-likeness (QED) is 0.355. The molecular weight excluding hydrogens is 424 g/mol. The van der Waals surface area contributed by atoms with E-state index in [9.17, 15) is 14.4 Å². The van der Waals surface area contributed by atoms with Gasteiger partial charge in [0, 0.05) is 6.54 Å². The number of ether oxygens (including phenoxy) is 3. The normalized spacial score (nSPS) is 11.2. The minimum atomic E-state index is -0.774. The SMILES string of the molecule is COC(=O)C(CCCCNC(=O)COc1cccc(C)c1)NC(=O)COc1cccc(C)c1. The van der Waals surface area contributed by atoms with Crippen LogP contribution >= 0.6 is 0 Å². The van der Waals surface area contributed by atoms with Crippen LogP contribution in [0.1, 0.15) is 30.4 Å². The molecule has 2 aromatic carbocycles. The van der Waals surface area contributed by atoms with E-state index in [2.05, 4.69) is 10.6 Å². The van der Waals surface area contributed by atoms with Crippen LogP contribution in [0.4, 0.5) is 0 Å². The van der Waals surface area contributed by atoms with Crippen LogP contribution in [-0.4, -0.2) is 50.7 Å². The zero-order chi connectivity index (χ0) is 24.1. The van der Waals surface area contributed by atoms with Gasteiger partial charge in [0.05, 0.1) is 7.11 Å². The van der Waals surface area contributed by atoms with Gasteiger partial charge < -0.3 is 24.8 Å². The first-order valence-corrected chi connectivity index (χ1v) is 10.9. The van der Waals surface area contributed by atoms with E-state index in [1.807, 2.05) is 50.2 Å². The number of benzene rings is 2. The van der Waals surface area contributed by atoms with Gasteiger partial charge in [-0.2, -0.15) is 0 Å². The zero-order valence-electron chi connectivity index (χ0n) is 19.4. The largest absolute Gasteiger partial charge is 0.484 e. The van der Waals surface area contributed by atoms with Crippen molar-refractivity contribution in [3.05, 3.63) is 59.7 Å². The summed E-state index contributed by atoms with van der Waals surface area (Å²) in [7, 11) is 1.28. The Morgan fingerprint density at radius 1 is 0.848 bits per heavy atom. The molecule has 33 heavy (non-hydrogen) atoms. The maximum Gasteiger partial charge on any atom is 0.328 e. The molecule has 0 aliphatic rings. The summed E-state index contributed by atoms with van der Waals surface area (Å²) in [4.78, 5) is 36.2. The van der Waals surface area contributed by atoms with E-state index in [1.165, 1.54) is 7.11 Å². The second kappa shape index (κ2) is 13.8. The monoisotopic (exact) mass is 456 g/mol. The molecular formula is C25H32N2O6. The van der Waals surface area contributed by atoms with Crippen LogP contribution in [0.3, 0.4) is 0 Å². The number of methoxy groups -OCH3 is 1. The van der Waals surface area contributed by atoms with Gasteiger partial charge in [-0.15, -0.1) is 0 Å². The predicted molar refractivity (Wildman–Crippen MR) is 124 cm³/mol. The molecule has 178 valence electrons. The molecule has 2 amide bonds. The average molecular weight is 457 g/mol. The minimum Gasteiger partial charge on any atom is -0.484 e. The fraction of sp³-hybridized carbons (Fsp3) is 0.400. The molecule has 0 bridgehead atoms. The van der Waals surface area contributed by atoms with Crippen molar-refractivity contribution in [3.8, 4) is 11.5 Å². The maximum absolute atomic E-state index is 12.2. The van der Waals surface area contributed by atoms with E-state index < -0.39 is 17.9 Å². The van der Waals surface area contributed by atoms with Gasteiger partial charge in [-0.25, -0.2) is 4.79 Å². The van der Waals surface area contributed by atoms with Gasteiger partial charge in [-0.1, -0.05) is 24.3 Å². The lowest BCUT2D eigenvalue weighted by Crippen LogP contribution is -2.43. The third-order valence-corrected chi connectivity index (χ3v) is 4.78. The Morgan fingerprint density at radius 3 is 1.97 bits per heavy atom. The molecule has 0 aromatic heterocycles. The third kappa shape index (κ3) is 10.1. The number of hydrogen-bond acceptors (Lipinski definition) is 6. The van der Waals surface area contributed by atoms with E-state index >= 15 is 0 Å². The van der Waals surface area contributed by atoms with Crippen LogP contribution in [-0.2, 0) is 19.1 Å². The standard InChI is InChI=1S/C25H32N2O6/c1-18-8-6-10-20(14-18)32-16-23(28)26-13-5-4-12-22(25(30)31-3)27-24(29)17-33-21-11-7-9-19(2)15-21/h6-11,14-15,22H,4-5,12-13,16-17H2,1-3H3,(H,26,28)(H,27,29). The van der Waals surface area contributed by atoms with Gasteiger partial charge in [0.1, 0.15) is 17.5 Å². The molecule has 0 heterocycles. The average Bonchev–Trinajstić information content (AvgIpc) is 2.80. The van der Waals surface area contributed by atoms with Crippen molar-refractivity contribution < 1.29 is 28.6 Å². The molecule has 1 atom stereocenters. The summed E-state index contributed by atoms with van der Waals surface area (Å²) in [5.41, 5.74) is 2.08. The number of amides is 2. The van der Waals surface area contributed by atoms with Crippen molar-refractivity contribution in [2.45, 2.75) is 39.2 Å². The summed E-state index contributed by atoms with van der Waals surface area (Å²) in [6.07, 6.45) is 1.63. The summed E-state index contributed by atoms with van der Waals surface area (Å²) < 4.78 is 15.7. The van der Waals surface area contributed by atoms with Crippen LogP contribution in [0.2, 0.25) is 0 Å². The highest BCUT2D eigenvalue weighted by Crippen LogP contribution is 2.13. The number of hydrogen-bond donors (Lipinski definition) is 2. The van der Waals surface area contributed by atoms with Crippen molar-refractivity contribution in [2.75, 3.05) is 26.9 Å². The fourth-order valence-corrected chi connectivity index (χ4v) is 3.09. The highest BCUT2D eigenvalue weighted by Gasteiger charge is 2.21. The molecule has 0 saturated heterocycles. The summed E-state index contributed by atoms with van der Waals surface area (Å²) in [6, 6.07) is 14.1. The molecule has 0 aliphatic carbocycles. The first kappa shape index (κ1) is 25.7. The van der Waals surface area contributed by atoms with E-state index in [-0.39, 0.29) is 19.1 Å². The molecule has 2 rings (SSSR count). The van der Waals surface area contributed by atoms with Crippen molar-refractivity contribution in [1.82, 2.24) is 10.6 Å². The predicted octanol–water partition coefficient (Wildman–Crippen LogP) is 2.71. The molecule has 0 radical (unpaired) electrons. The number of aryl methyl sites for hydroxylation is 2.